The van der Waals surface area contributed by atoms with Gasteiger partial charge in [0.15, 0.2) is 5.82 Å². The minimum absolute atomic E-state index is 0.185. The maximum absolute atomic E-state index is 12.4. The minimum Gasteiger partial charge on any atom is -0.497 e. The number of amides is 2. The van der Waals surface area contributed by atoms with Gasteiger partial charge in [-0.2, -0.15) is 0 Å². The van der Waals surface area contributed by atoms with Crippen LogP contribution in [-0.2, 0) is 13.0 Å². The van der Waals surface area contributed by atoms with Crippen molar-refractivity contribution in [1.29, 1.82) is 0 Å². The number of imidazole rings is 1. The number of ether oxygens (including phenoxy) is 1. The van der Waals surface area contributed by atoms with Crippen molar-refractivity contribution in [3.05, 3.63) is 69.9 Å². The summed E-state index contributed by atoms with van der Waals surface area (Å²) < 4.78 is 6.91. The smallest absolute Gasteiger partial charge is 0.287 e. The molecular formula is C20H20N4O3S. The Morgan fingerprint density at radius 1 is 1.36 bits per heavy atom. The molecule has 0 aliphatic carbocycles. The van der Waals surface area contributed by atoms with Gasteiger partial charge in [-0.25, -0.2) is 4.98 Å². The second-order valence-corrected chi connectivity index (χ2v) is 7.52. The van der Waals surface area contributed by atoms with Crippen LogP contribution >= 0.6 is 11.3 Å². The molecule has 2 N–H and O–H groups in total. The monoisotopic (exact) mass is 396 g/mol. The summed E-state index contributed by atoms with van der Waals surface area (Å²) in [5.74, 6) is 0.459. The summed E-state index contributed by atoms with van der Waals surface area (Å²) >= 11 is 1.66. The molecule has 0 saturated carbocycles. The van der Waals surface area contributed by atoms with E-state index in [0.717, 1.165) is 17.7 Å². The second kappa shape index (κ2) is 7.85. The van der Waals surface area contributed by atoms with Gasteiger partial charge < -0.3 is 19.9 Å². The summed E-state index contributed by atoms with van der Waals surface area (Å²) in [5.41, 5.74) is 1.22. The number of nitrogens with one attached hydrogen (secondary N) is 2. The highest BCUT2D eigenvalue weighted by Crippen LogP contribution is 2.23. The number of hydrogen-bond donors (Lipinski definition) is 2. The van der Waals surface area contributed by atoms with Crippen molar-refractivity contribution in [3.63, 3.8) is 0 Å². The molecule has 1 atom stereocenters. The first-order valence-electron chi connectivity index (χ1n) is 8.96. The number of hydrogen-bond acceptors (Lipinski definition) is 5. The van der Waals surface area contributed by atoms with E-state index in [1.165, 1.54) is 4.88 Å². The fourth-order valence-corrected chi connectivity index (χ4v) is 3.89. The number of carbonyl (C=O) groups excluding carboxylic acids is 2. The van der Waals surface area contributed by atoms with Crippen LogP contribution in [0.1, 0.15) is 37.6 Å². The van der Waals surface area contributed by atoms with Crippen molar-refractivity contribution in [2.24, 2.45) is 0 Å². The molecule has 0 fully saturated rings. The van der Waals surface area contributed by atoms with E-state index in [-0.39, 0.29) is 29.4 Å². The number of carbonyl (C=O) groups is 2. The highest BCUT2D eigenvalue weighted by Gasteiger charge is 2.28. The van der Waals surface area contributed by atoms with E-state index in [1.807, 2.05) is 41.8 Å². The predicted molar refractivity (Wildman–Crippen MR) is 106 cm³/mol. The summed E-state index contributed by atoms with van der Waals surface area (Å²) in [6.07, 6.45) is 2.42. The lowest BCUT2D eigenvalue weighted by molar-refractivity contribution is 0.0894. The van der Waals surface area contributed by atoms with E-state index >= 15 is 0 Å². The first-order valence-corrected chi connectivity index (χ1v) is 9.84. The van der Waals surface area contributed by atoms with Gasteiger partial charge in [-0.3, -0.25) is 9.59 Å². The SMILES string of the molecule is COc1ccc(C2Cn3cc(C(=O)NCCc4cccs4)nc3C(=O)N2)cc1. The third-order valence-corrected chi connectivity index (χ3v) is 5.59. The first-order chi connectivity index (χ1) is 13.6. The molecule has 4 rings (SSSR count). The number of rotatable bonds is 6. The average Bonchev–Trinajstić information content (AvgIpc) is 3.38. The number of thiophene rings is 1. The van der Waals surface area contributed by atoms with Crippen molar-refractivity contribution < 1.29 is 14.3 Å². The predicted octanol–water partition coefficient (Wildman–Crippen LogP) is 2.41. The highest BCUT2D eigenvalue weighted by atomic mass is 32.1. The van der Waals surface area contributed by atoms with Crippen molar-refractivity contribution in [2.75, 3.05) is 13.7 Å². The maximum atomic E-state index is 12.4. The lowest BCUT2D eigenvalue weighted by Crippen LogP contribution is -2.38. The van der Waals surface area contributed by atoms with Crippen LogP contribution in [0.5, 0.6) is 5.75 Å². The Hall–Kier alpha value is -3.13. The molecule has 3 aromatic rings. The molecule has 7 nitrogen and oxygen atoms in total. The zero-order chi connectivity index (χ0) is 19.5. The number of methoxy groups -OCH3 is 1. The quantitative estimate of drug-likeness (QED) is 0.670. The average molecular weight is 396 g/mol. The molecule has 8 heteroatoms. The Labute approximate surface area is 166 Å². The maximum Gasteiger partial charge on any atom is 0.287 e. The van der Waals surface area contributed by atoms with Gasteiger partial charge in [0, 0.05) is 24.2 Å². The highest BCUT2D eigenvalue weighted by molar-refractivity contribution is 7.09. The van der Waals surface area contributed by atoms with E-state index in [4.69, 9.17) is 4.74 Å². The zero-order valence-corrected chi connectivity index (χ0v) is 16.2. The summed E-state index contributed by atoms with van der Waals surface area (Å²) in [5, 5.41) is 7.82. The van der Waals surface area contributed by atoms with Crippen LogP contribution in [0.2, 0.25) is 0 Å². The van der Waals surface area contributed by atoms with E-state index < -0.39 is 0 Å². The van der Waals surface area contributed by atoms with E-state index in [9.17, 15) is 9.59 Å². The van der Waals surface area contributed by atoms with Gasteiger partial charge in [-0.1, -0.05) is 18.2 Å². The van der Waals surface area contributed by atoms with Crippen molar-refractivity contribution in [2.45, 2.75) is 19.0 Å². The molecule has 144 valence electrons. The fourth-order valence-electron chi connectivity index (χ4n) is 3.18. The van der Waals surface area contributed by atoms with Crippen LogP contribution in [0.15, 0.2) is 48.0 Å². The number of aromatic nitrogens is 2. The van der Waals surface area contributed by atoms with Crippen molar-refractivity contribution in [3.8, 4) is 5.75 Å². The zero-order valence-electron chi connectivity index (χ0n) is 15.3. The van der Waals surface area contributed by atoms with E-state index in [0.29, 0.717) is 13.1 Å². The minimum atomic E-state index is -0.287. The Bertz CT molecular complexity index is 980. The number of fused-ring (bicyclic) bond motifs is 1. The molecule has 0 bridgehead atoms. The molecule has 1 aliphatic rings. The van der Waals surface area contributed by atoms with Crippen LogP contribution in [-0.4, -0.2) is 35.0 Å². The van der Waals surface area contributed by atoms with Crippen molar-refractivity contribution >= 4 is 23.2 Å². The third kappa shape index (κ3) is 3.77. The Morgan fingerprint density at radius 2 is 2.18 bits per heavy atom. The lowest BCUT2D eigenvalue weighted by atomic mass is 10.1. The molecule has 0 spiro atoms. The molecule has 1 aliphatic heterocycles. The normalized spacial score (nSPS) is 15.6. The number of nitrogens with zero attached hydrogens (tertiary/aromatic N) is 2. The molecule has 1 aromatic carbocycles. The Kier molecular flexibility index (Phi) is 5.12. The van der Waals surface area contributed by atoms with Crippen molar-refractivity contribution in [1.82, 2.24) is 20.2 Å². The van der Waals surface area contributed by atoms with Gasteiger partial charge in [0.2, 0.25) is 0 Å². The first kappa shape index (κ1) is 18.2. The molecule has 2 aromatic heterocycles. The molecule has 0 saturated heterocycles. The summed E-state index contributed by atoms with van der Waals surface area (Å²) in [6.45, 7) is 1.05. The molecule has 3 heterocycles. The van der Waals surface area contributed by atoms with Crippen LogP contribution in [0.4, 0.5) is 0 Å². The fraction of sp³-hybridized carbons (Fsp3) is 0.250. The standard InChI is InChI=1S/C20H20N4O3S/c1-27-14-6-4-13(5-7-14)16-11-24-12-17(22-18(24)20(26)23-16)19(25)21-9-8-15-3-2-10-28-15/h2-7,10,12,16H,8-9,11H2,1H3,(H,21,25)(H,23,26). The number of benzene rings is 1. The summed E-state index contributed by atoms with van der Waals surface area (Å²) in [7, 11) is 1.61. The van der Waals surface area contributed by atoms with Gasteiger partial charge in [0.25, 0.3) is 11.8 Å². The van der Waals surface area contributed by atoms with Crippen LogP contribution in [0.3, 0.4) is 0 Å². The topological polar surface area (TPSA) is 85.2 Å². The third-order valence-electron chi connectivity index (χ3n) is 4.65. The van der Waals surface area contributed by atoms with Gasteiger partial charge in [0.05, 0.1) is 13.2 Å². The van der Waals surface area contributed by atoms with Crippen LogP contribution in [0, 0.1) is 0 Å². The molecule has 28 heavy (non-hydrogen) atoms. The second-order valence-electron chi connectivity index (χ2n) is 6.49. The van der Waals surface area contributed by atoms with Crippen LogP contribution in [0.25, 0.3) is 0 Å². The Balaban J connectivity index is 1.43. The lowest BCUT2D eigenvalue weighted by Gasteiger charge is -2.25. The summed E-state index contributed by atoms with van der Waals surface area (Å²) in [4.78, 5) is 30.3. The van der Waals surface area contributed by atoms with E-state index in [2.05, 4.69) is 15.6 Å². The van der Waals surface area contributed by atoms with E-state index in [1.54, 1.807) is 29.2 Å². The van der Waals surface area contributed by atoms with Gasteiger partial charge in [-0.05, 0) is 35.6 Å². The van der Waals surface area contributed by atoms with Crippen LogP contribution < -0.4 is 15.4 Å². The Morgan fingerprint density at radius 3 is 2.89 bits per heavy atom. The molecule has 2 amide bonds. The molecule has 0 radical (unpaired) electrons. The van der Waals surface area contributed by atoms with Gasteiger partial charge >= 0.3 is 0 Å². The molecule has 1 unspecified atom stereocenters. The molecular weight excluding hydrogens is 376 g/mol. The summed E-state index contributed by atoms with van der Waals surface area (Å²) in [6, 6.07) is 11.4. The van der Waals surface area contributed by atoms with Gasteiger partial charge in [-0.15, -0.1) is 11.3 Å². The van der Waals surface area contributed by atoms with Gasteiger partial charge in [0.1, 0.15) is 11.4 Å². The largest absolute Gasteiger partial charge is 0.497 e.